The van der Waals surface area contributed by atoms with Gasteiger partial charge in [0.1, 0.15) is 13.2 Å². The zero-order valence-corrected chi connectivity index (χ0v) is 41.2. The maximum absolute atomic E-state index is 12.7. The Balaban J connectivity index is 4.66. The van der Waals surface area contributed by atoms with Gasteiger partial charge in [0.15, 0.2) is 6.10 Å². The molecule has 0 bridgehead atoms. The highest BCUT2D eigenvalue weighted by atomic mass is 16.6. The number of carbonyl (C=O) groups is 3. The second-order valence-corrected chi connectivity index (χ2v) is 16.0. The topological polar surface area (TPSA) is 78.9 Å². The van der Waals surface area contributed by atoms with Crippen molar-refractivity contribution >= 4 is 17.9 Å². The molecule has 0 rings (SSSR count). The van der Waals surface area contributed by atoms with Gasteiger partial charge in [-0.05, 0) is 116 Å². The van der Waals surface area contributed by atoms with Gasteiger partial charge in [0.2, 0.25) is 0 Å². The predicted octanol–water partition coefficient (Wildman–Crippen LogP) is 16.9. The Morgan fingerprint density at radius 1 is 0.338 bits per heavy atom. The largest absolute Gasteiger partial charge is 0.462 e. The fourth-order valence-corrected chi connectivity index (χ4v) is 6.11. The number of unbranched alkanes of at least 4 members (excludes halogenated alkanes) is 9. The number of ether oxygens (including phenoxy) is 3. The van der Waals surface area contributed by atoms with Gasteiger partial charge in [-0.15, -0.1) is 0 Å². The van der Waals surface area contributed by atoms with E-state index in [1.54, 1.807) is 6.08 Å². The van der Waals surface area contributed by atoms with Crippen molar-refractivity contribution in [2.45, 2.75) is 194 Å². The normalized spacial score (nSPS) is 13.3. The van der Waals surface area contributed by atoms with Crippen molar-refractivity contribution in [3.8, 4) is 0 Å². The molecule has 0 amide bonds. The summed E-state index contributed by atoms with van der Waals surface area (Å²) >= 11 is 0. The van der Waals surface area contributed by atoms with Gasteiger partial charge in [0.05, 0.1) is 6.42 Å². The first-order valence-electron chi connectivity index (χ1n) is 25.3. The Hall–Kier alpha value is -4.71. The fourth-order valence-electron chi connectivity index (χ4n) is 6.11. The van der Waals surface area contributed by atoms with Crippen molar-refractivity contribution in [3.05, 3.63) is 146 Å². The van der Waals surface area contributed by atoms with Gasteiger partial charge >= 0.3 is 17.9 Å². The molecule has 0 heterocycles. The first-order valence-corrected chi connectivity index (χ1v) is 25.3. The Bertz CT molecular complexity index is 1490. The Morgan fingerprint density at radius 2 is 0.662 bits per heavy atom. The number of hydrogen-bond donors (Lipinski definition) is 0. The maximum atomic E-state index is 12.7. The highest BCUT2D eigenvalue weighted by molar-refractivity contribution is 5.72. The lowest BCUT2D eigenvalue weighted by Crippen LogP contribution is -2.30. The second kappa shape index (κ2) is 51.9. The van der Waals surface area contributed by atoms with E-state index in [2.05, 4.69) is 154 Å². The summed E-state index contributed by atoms with van der Waals surface area (Å²) in [6.45, 7) is 6.21. The molecule has 0 spiro atoms. The van der Waals surface area contributed by atoms with E-state index in [-0.39, 0.29) is 38.0 Å². The molecule has 0 radical (unpaired) electrons. The molecule has 0 aromatic heterocycles. The smallest absolute Gasteiger partial charge is 0.310 e. The molecule has 6 nitrogen and oxygen atoms in total. The minimum absolute atomic E-state index is 0.0745. The van der Waals surface area contributed by atoms with Crippen LogP contribution in [0.5, 0.6) is 0 Å². The molecule has 0 fully saturated rings. The number of esters is 3. The predicted molar refractivity (Wildman–Crippen MR) is 279 cm³/mol. The lowest BCUT2D eigenvalue weighted by atomic mass is 10.1. The second-order valence-electron chi connectivity index (χ2n) is 16.0. The van der Waals surface area contributed by atoms with Crippen molar-refractivity contribution in [3.63, 3.8) is 0 Å². The third-order valence-corrected chi connectivity index (χ3v) is 9.84. The van der Waals surface area contributed by atoms with Crippen LogP contribution in [-0.2, 0) is 28.6 Å². The van der Waals surface area contributed by atoms with Crippen molar-refractivity contribution in [2.24, 2.45) is 0 Å². The van der Waals surface area contributed by atoms with Gasteiger partial charge in [-0.3, -0.25) is 14.4 Å². The van der Waals surface area contributed by atoms with Crippen LogP contribution >= 0.6 is 0 Å². The maximum Gasteiger partial charge on any atom is 0.310 e. The van der Waals surface area contributed by atoms with Gasteiger partial charge in [-0.1, -0.05) is 199 Å². The summed E-state index contributed by atoms with van der Waals surface area (Å²) in [6, 6.07) is 0. The molecule has 0 aromatic carbocycles. The summed E-state index contributed by atoms with van der Waals surface area (Å²) in [5.41, 5.74) is 0. The van der Waals surface area contributed by atoms with Crippen LogP contribution in [-0.4, -0.2) is 37.2 Å². The fraction of sp³-hybridized carbons (Fsp3) is 0.542. The van der Waals surface area contributed by atoms with Gasteiger partial charge in [-0.25, -0.2) is 0 Å². The number of allylic oxidation sites excluding steroid dienone is 23. The third kappa shape index (κ3) is 50.2. The van der Waals surface area contributed by atoms with E-state index in [1.165, 1.54) is 25.7 Å². The van der Waals surface area contributed by atoms with Crippen molar-refractivity contribution < 1.29 is 28.6 Å². The van der Waals surface area contributed by atoms with Crippen LogP contribution in [0.1, 0.15) is 188 Å². The minimum Gasteiger partial charge on any atom is -0.462 e. The molecule has 0 aliphatic heterocycles. The van der Waals surface area contributed by atoms with E-state index >= 15 is 0 Å². The Morgan fingerprint density at radius 3 is 1.08 bits per heavy atom. The van der Waals surface area contributed by atoms with Crippen molar-refractivity contribution in [1.82, 2.24) is 0 Å². The molecule has 0 saturated heterocycles. The first-order chi connectivity index (χ1) is 32.0. The first kappa shape index (κ1) is 60.3. The van der Waals surface area contributed by atoms with E-state index in [0.29, 0.717) is 19.3 Å². The van der Waals surface area contributed by atoms with E-state index in [0.717, 1.165) is 109 Å². The van der Waals surface area contributed by atoms with E-state index in [9.17, 15) is 14.4 Å². The van der Waals surface area contributed by atoms with Gasteiger partial charge in [0.25, 0.3) is 0 Å². The van der Waals surface area contributed by atoms with Crippen LogP contribution in [0, 0.1) is 0 Å². The van der Waals surface area contributed by atoms with Crippen molar-refractivity contribution in [2.75, 3.05) is 13.2 Å². The zero-order chi connectivity index (χ0) is 47.2. The van der Waals surface area contributed by atoms with Crippen LogP contribution in [0.15, 0.2) is 146 Å². The molecular formula is C59H90O6. The standard InChI is InChI=1S/C59H90O6/c1-4-7-10-13-16-19-22-25-28-29-32-34-37-40-43-46-49-52-58(61)64-55-56(65-59(62)53-50-47-44-41-38-35-31-27-24-21-18-15-12-9-6-3)54-63-57(60)51-48-45-42-39-36-33-30-26-23-20-17-14-11-8-5-2/h7,9-10,12,16-21,25-28,30-32,34,38,40-41,43,47,50,56H,4-6,8,11,13-15,22-24,29,33,35-37,39,42,44-46,48-49,51-55H2,1-3H3/b10-7-,12-9-,19-16-,20-17-,21-18-,28-25-,30-26-,31-27-,34-32-,41-38-,43-40-,50-47-. The molecule has 65 heavy (non-hydrogen) atoms. The van der Waals surface area contributed by atoms with Crippen LogP contribution in [0.4, 0.5) is 0 Å². The minimum atomic E-state index is -0.867. The van der Waals surface area contributed by atoms with Crippen LogP contribution in [0.2, 0.25) is 0 Å². The molecule has 0 aromatic rings. The van der Waals surface area contributed by atoms with Crippen LogP contribution < -0.4 is 0 Å². The molecule has 0 N–H and O–H groups in total. The summed E-state index contributed by atoms with van der Waals surface area (Å²) in [6.07, 6.45) is 74.3. The molecule has 1 atom stereocenters. The summed E-state index contributed by atoms with van der Waals surface area (Å²) < 4.78 is 16.6. The third-order valence-electron chi connectivity index (χ3n) is 9.84. The molecule has 0 saturated carbocycles. The zero-order valence-electron chi connectivity index (χ0n) is 41.2. The molecule has 6 heteroatoms. The average molecular weight is 895 g/mol. The lowest BCUT2D eigenvalue weighted by Gasteiger charge is -2.18. The van der Waals surface area contributed by atoms with E-state index in [4.69, 9.17) is 14.2 Å². The quantitative estimate of drug-likeness (QED) is 0.0263. The summed E-state index contributed by atoms with van der Waals surface area (Å²) in [7, 11) is 0. The van der Waals surface area contributed by atoms with Crippen LogP contribution in [0.3, 0.4) is 0 Å². The average Bonchev–Trinajstić information content (AvgIpc) is 3.30. The Labute approximate surface area is 397 Å². The monoisotopic (exact) mass is 895 g/mol. The molecule has 0 aliphatic rings. The summed E-state index contributed by atoms with van der Waals surface area (Å²) in [5.74, 6) is -1.17. The number of rotatable bonds is 43. The van der Waals surface area contributed by atoms with Gasteiger partial charge in [-0.2, -0.15) is 0 Å². The van der Waals surface area contributed by atoms with Crippen LogP contribution in [0.25, 0.3) is 0 Å². The van der Waals surface area contributed by atoms with E-state index in [1.807, 2.05) is 6.08 Å². The SMILES string of the molecule is CC/C=C\C/C=C\C/C=C\C/C=C\C/C=C\CCCC(=O)OCC(COC(=O)CCCCCCC/C=C\C/C=C\CCCCC)OC(=O)C/C=C\C/C=C\C/C=C\C/C=C\C/C=C\CC. The van der Waals surface area contributed by atoms with Crippen molar-refractivity contribution in [1.29, 1.82) is 0 Å². The lowest BCUT2D eigenvalue weighted by molar-refractivity contribution is -0.166. The molecule has 1 unspecified atom stereocenters. The summed E-state index contributed by atoms with van der Waals surface area (Å²) in [4.78, 5) is 37.9. The van der Waals surface area contributed by atoms with Gasteiger partial charge < -0.3 is 14.2 Å². The van der Waals surface area contributed by atoms with Gasteiger partial charge in [0, 0.05) is 12.8 Å². The highest BCUT2D eigenvalue weighted by Gasteiger charge is 2.19. The number of hydrogen-bond acceptors (Lipinski definition) is 6. The highest BCUT2D eigenvalue weighted by Crippen LogP contribution is 2.10. The molecule has 362 valence electrons. The van der Waals surface area contributed by atoms with E-state index < -0.39 is 12.1 Å². The molecule has 0 aliphatic carbocycles. The number of carbonyl (C=O) groups excluding carboxylic acids is 3. The summed E-state index contributed by atoms with van der Waals surface area (Å²) in [5, 5.41) is 0. The Kier molecular flexibility index (Phi) is 48.2. The molecular weight excluding hydrogens is 805 g/mol.